The molecule has 146 valence electrons. The lowest BCUT2D eigenvalue weighted by atomic mass is 10.1. The van der Waals surface area contributed by atoms with Crippen LogP contribution in [0.5, 0.6) is 0 Å². The van der Waals surface area contributed by atoms with Crippen LogP contribution in [0.1, 0.15) is 48.6 Å². The second-order valence-corrected chi connectivity index (χ2v) is 7.15. The Morgan fingerprint density at radius 1 is 1.11 bits per heavy atom. The monoisotopic (exact) mass is 379 g/mol. The highest BCUT2D eigenvalue weighted by molar-refractivity contribution is 5.94. The van der Waals surface area contributed by atoms with Crippen LogP contribution in [0, 0.1) is 6.92 Å². The molecule has 0 fully saturated rings. The molecule has 3 rings (SSSR count). The van der Waals surface area contributed by atoms with Crippen molar-refractivity contribution in [1.29, 1.82) is 0 Å². The van der Waals surface area contributed by atoms with Crippen LogP contribution in [-0.2, 0) is 16.1 Å². The van der Waals surface area contributed by atoms with Gasteiger partial charge in [-0.3, -0.25) is 9.59 Å². The highest BCUT2D eigenvalue weighted by Gasteiger charge is 2.21. The molecule has 2 aromatic carbocycles. The molecule has 1 aromatic heterocycles. The summed E-state index contributed by atoms with van der Waals surface area (Å²) in [5.74, 6) is 0.0964. The Balaban J connectivity index is 1.89. The van der Waals surface area contributed by atoms with Crippen LogP contribution in [0.4, 0.5) is 0 Å². The molecular weight excluding hydrogens is 354 g/mol. The van der Waals surface area contributed by atoms with Gasteiger partial charge in [0.25, 0.3) is 5.91 Å². The van der Waals surface area contributed by atoms with E-state index in [1.807, 2.05) is 70.2 Å². The Kier molecular flexibility index (Phi) is 5.78. The zero-order chi connectivity index (χ0) is 20.3. The van der Waals surface area contributed by atoms with Crippen LogP contribution in [0.25, 0.3) is 11.0 Å². The summed E-state index contributed by atoms with van der Waals surface area (Å²) in [6.07, 6.45) is -0.191. The fourth-order valence-electron chi connectivity index (χ4n) is 3.15. The molecule has 0 bridgehead atoms. The highest BCUT2D eigenvalue weighted by Crippen LogP contribution is 2.21. The summed E-state index contributed by atoms with van der Waals surface area (Å²) in [5.41, 5.74) is 3.21. The van der Waals surface area contributed by atoms with E-state index in [4.69, 9.17) is 4.74 Å². The molecule has 1 amide bonds. The quantitative estimate of drug-likeness (QED) is 0.662. The molecule has 6 nitrogen and oxygen atoms in total. The molecule has 0 spiro atoms. The maximum absolute atomic E-state index is 12.6. The van der Waals surface area contributed by atoms with Gasteiger partial charge < -0.3 is 14.6 Å². The SMILES string of the molecule is Cc1cccc(C(=O)NC(C)c2nc3ccccc3n2CC(=O)OC(C)C)c1. The van der Waals surface area contributed by atoms with E-state index < -0.39 is 0 Å². The number of nitrogens with one attached hydrogen (secondary N) is 1. The predicted molar refractivity (Wildman–Crippen MR) is 108 cm³/mol. The normalized spacial score (nSPS) is 12.2. The Hall–Kier alpha value is -3.15. The third-order valence-electron chi connectivity index (χ3n) is 4.35. The smallest absolute Gasteiger partial charge is 0.326 e. The lowest BCUT2D eigenvalue weighted by Gasteiger charge is -2.17. The molecule has 28 heavy (non-hydrogen) atoms. The number of imidazole rings is 1. The fourth-order valence-corrected chi connectivity index (χ4v) is 3.15. The van der Waals surface area contributed by atoms with E-state index in [2.05, 4.69) is 10.3 Å². The van der Waals surface area contributed by atoms with Crippen molar-refractivity contribution in [1.82, 2.24) is 14.9 Å². The van der Waals surface area contributed by atoms with Gasteiger partial charge in [-0.2, -0.15) is 0 Å². The Morgan fingerprint density at radius 2 is 1.86 bits per heavy atom. The molecule has 0 saturated heterocycles. The van der Waals surface area contributed by atoms with Crippen molar-refractivity contribution in [3.8, 4) is 0 Å². The molecule has 0 aliphatic heterocycles. The molecule has 1 atom stereocenters. The van der Waals surface area contributed by atoms with E-state index in [-0.39, 0.29) is 30.6 Å². The van der Waals surface area contributed by atoms with Crippen molar-refractivity contribution < 1.29 is 14.3 Å². The average molecular weight is 379 g/mol. The van der Waals surface area contributed by atoms with Crippen molar-refractivity contribution in [2.75, 3.05) is 0 Å². The predicted octanol–water partition coefficient (Wildman–Crippen LogP) is 3.79. The third kappa shape index (κ3) is 4.39. The fraction of sp³-hybridized carbons (Fsp3) is 0.318. The van der Waals surface area contributed by atoms with Gasteiger partial charge in [0.1, 0.15) is 12.4 Å². The molecule has 1 unspecified atom stereocenters. The second-order valence-electron chi connectivity index (χ2n) is 7.15. The zero-order valence-electron chi connectivity index (χ0n) is 16.6. The van der Waals surface area contributed by atoms with Gasteiger partial charge in [0, 0.05) is 5.56 Å². The summed E-state index contributed by atoms with van der Waals surface area (Å²) in [4.78, 5) is 29.5. The number of amides is 1. The molecule has 0 aliphatic rings. The Bertz CT molecular complexity index is 1010. The maximum atomic E-state index is 12.6. The molecule has 6 heteroatoms. The number of para-hydroxylation sites is 2. The first-order chi connectivity index (χ1) is 13.3. The Labute approximate surface area is 164 Å². The van der Waals surface area contributed by atoms with E-state index in [1.54, 1.807) is 10.6 Å². The molecule has 3 aromatic rings. The molecule has 1 N–H and O–H groups in total. The number of hydrogen-bond donors (Lipinski definition) is 1. The number of rotatable bonds is 6. The van der Waals surface area contributed by atoms with Crippen molar-refractivity contribution in [3.05, 3.63) is 65.5 Å². The number of esters is 1. The van der Waals surface area contributed by atoms with E-state index in [1.165, 1.54) is 0 Å². The third-order valence-corrected chi connectivity index (χ3v) is 4.35. The summed E-state index contributed by atoms with van der Waals surface area (Å²) in [6.45, 7) is 7.48. The van der Waals surface area contributed by atoms with E-state index in [0.29, 0.717) is 11.4 Å². The number of nitrogens with zero attached hydrogens (tertiary/aromatic N) is 2. The van der Waals surface area contributed by atoms with Gasteiger partial charge in [-0.25, -0.2) is 4.98 Å². The number of hydrogen-bond acceptors (Lipinski definition) is 4. The van der Waals surface area contributed by atoms with Crippen LogP contribution in [0.2, 0.25) is 0 Å². The minimum Gasteiger partial charge on any atom is -0.462 e. The van der Waals surface area contributed by atoms with Crippen LogP contribution < -0.4 is 5.32 Å². The van der Waals surface area contributed by atoms with Crippen molar-refractivity contribution in [2.45, 2.75) is 46.4 Å². The van der Waals surface area contributed by atoms with Gasteiger partial charge in [0.2, 0.25) is 0 Å². The zero-order valence-corrected chi connectivity index (χ0v) is 16.6. The number of benzene rings is 2. The summed E-state index contributed by atoms with van der Waals surface area (Å²) in [6, 6.07) is 14.6. The van der Waals surface area contributed by atoms with Gasteiger partial charge in [-0.1, -0.05) is 29.8 Å². The van der Waals surface area contributed by atoms with Crippen LogP contribution in [0.3, 0.4) is 0 Å². The minimum atomic E-state index is -0.382. The summed E-state index contributed by atoms with van der Waals surface area (Å²) < 4.78 is 7.10. The number of aryl methyl sites for hydroxylation is 1. The van der Waals surface area contributed by atoms with Gasteiger partial charge >= 0.3 is 5.97 Å². The molecule has 0 saturated carbocycles. The van der Waals surface area contributed by atoms with E-state index in [0.717, 1.165) is 16.6 Å². The molecule has 1 heterocycles. The average Bonchev–Trinajstić information content (AvgIpc) is 2.99. The standard InChI is InChI=1S/C22H25N3O3/c1-14(2)28-20(26)13-25-19-11-6-5-10-18(19)24-21(25)16(4)23-22(27)17-9-7-8-15(3)12-17/h5-12,14,16H,13H2,1-4H3,(H,23,27). The lowest BCUT2D eigenvalue weighted by Crippen LogP contribution is -2.29. The minimum absolute atomic E-state index is 0.0404. The first-order valence-electron chi connectivity index (χ1n) is 9.37. The largest absolute Gasteiger partial charge is 0.462 e. The van der Waals surface area contributed by atoms with Gasteiger partial charge in [-0.05, 0) is 52.0 Å². The van der Waals surface area contributed by atoms with Gasteiger partial charge in [0.15, 0.2) is 0 Å². The molecule has 0 aliphatic carbocycles. The number of carbonyl (C=O) groups excluding carboxylic acids is 2. The maximum Gasteiger partial charge on any atom is 0.326 e. The first-order valence-corrected chi connectivity index (χ1v) is 9.37. The van der Waals surface area contributed by atoms with Crippen molar-refractivity contribution >= 4 is 22.9 Å². The first kappa shape index (κ1) is 19.6. The molecule has 0 radical (unpaired) electrons. The topological polar surface area (TPSA) is 73.2 Å². The molecular formula is C22H25N3O3. The van der Waals surface area contributed by atoms with Crippen LogP contribution in [-0.4, -0.2) is 27.5 Å². The summed E-state index contributed by atoms with van der Waals surface area (Å²) in [7, 11) is 0. The van der Waals surface area contributed by atoms with Crippen LogP contribution in [0.15, 0.2) is 48.5 Å². The lowest BCUT2D eigenvalue weighted by molar-refractivity contribution is -0.148. The Morgan fingerprint density at radius 3 is 2.57 bits per heavy atom. The number of fused-ring (bicyclic) bond motifs is 1. The van der Waals surface area contributed by atoms with E-state index in [9.17, 15) is 9.59 Å². The van der Waals surface area contributed by atoms with Gasteiger partial charge in [-0.15, -0.1) is 0 Å². The highest BCUT2D eigenvalue weighted by atomic mass is 16.5. The number of carbonyl (C=O) groups is 2. The number of ether oxygens (including phenoxy) is 1. The van der Waals surface area contributed by atoms with Crippen molar-refractivity contribution in [3.63, 3.8) is 0 Å². The number of aromatic nitrogens is 2. The summed E-state index contributed by atoms with van der Waals surface area (Å²) in [5, 5.41) is 2.98. The van der Waals surface area contributed by atoms with E-state index >= 15 is 0 Å². The van der Waals surface area contributed by atoms with Crippen molar-refractivity contribution in [2.24, 2.45) is 0 Å². The second kappa shape index (κ2) is 8.25. The van der Waals surface area contributed by atoms with Gasteiger partial charge in [0.05, 0.1) is 23.2 Å². The van der Waals surface area contributed by atoms with Crippen LogP contribution >= 0.6 is 0 Å². The summed E-state index contributed by atoms with van der Waals surface area (Å²) >= 11 is 0.